The van der Waals surface area contributed by atoms with Crippen molar-refractivity contribution in [2.45, 2.75) is 26.3 Å². The molecule has 6 heteroatoms. The van der Waals surface area contributed by atoms with Crippen LogP contribution in [0.2, 0.25) is 0 Å². The number of rotatable bonds is 7. The summed E-state index contributed by atoms with van der Waals surface area (Å²) < 4.78 is 5.24. The Morgan fingerprint density at radius 1 is 1.21 bits per heavy atom. The lowest BCUT2D eigenvalue weighted by Crippen LogP contribution is -2.41. The Bertz CT molecular complexity index is 1060. The molecule has 1 aromatic heterocycles. The molecular weight excluding hydrogens is 368 g/mol. The predicted molar refractivity (Wildman–Crippen MR) is 113 cm³/mol. The van der Waals surface area contributed by atoms with E-state index in [1.165, 1.54) is 6.08 Å². The quantitative estimate of drug-likeness (QED) is 0.536. The van der Waals surface area contributed by atoms with Crippen molar-refractivity contribution < 1.29 is 19.4 Å². The number of amides is 1. The standard InChI is InChI=1S/C23H24N2O4/c1-14-10-17(29-3)11-15(2)18(14)8-9-22(26)25-21(23(27)28)12-16-13-24-20-7-5-4-6-19(16)20/h4-11,13,21,24H,12H2,1-3H3,(H,25,26)(H,27,28)/b9-8+. The van der Waals surface area contributed by atoms with Gasteiger partial charge in [0.15, 0.2) is 0 Å². The summed E-state index contributed by atoms with van der Waals surface area (Å²) in [6.45, 7) is 3.87. The molecular formula is C23H24N2O4. The number of nitrogens with one attached hydrogen (secondary N) is 2. The van der Waals surface area contributed by atoms with Gasteiger partial charge in [-0.25, -0.2) is 4.79 Å². The smallest absolute Gasteiger partial charge is 0.326 e. The van der Waals surface area contributed by atoms with Gasteiger partial charge in [0, 0.05) is 29.6 Å². The van der Waals surface area contributed by atoms with Crippen molar-refractivity contribution in [3.8, 4) is 5.75 Å². The van der Waals surface area contributed by atoms with Crippen LogP contribution in [0.3, 0.4) is 0 Å². The van der Waals surface area contributed by atoms with Crippen LogP contribution in [0.25, 0.3) is 17.0 Å². The third-order valence-corrected chi connectivity index (χ3v) is 4.92. The molecule has 0 aliphatic carbocycles. The van der Waals surface area contributed by atoms with Crippen molar-refractivity contribution in [3.05, 3.63) is 70.9 Å². The second kappa shape index (κ2) is 8.65. The molecule has 1 unspecified atom stereocenters. The van der Waals surface area contributed by atoms with Gasteiger partial charge in [0.25, 0.3) is 0 Å². The van der Waals surface area contributed by atoms with E-state index in [1.807, 2.05) is 50.2 Å². The van der Waals surface area contributed by atoms with E-state index in [9.17, 15) is 14.7 Å². The average Bonchev–Trinajstić information content (AvgIpc) is 3.09. The first-order valence-electron chi connectivity index (χ1n) is 9.30. The first kappa shape index (κ1) is 20.2. The maximum absolute atomic E-state index is 12.4. The average molecular weight is 392 g/mol. The molecule has 1 heterocycles. The van der Waals surface area contributed by atoms with Crippen LogP contribution in [0, 0.1) is 13.8 Å². The van der Waals surface area contributed by atoms with Crippen LogP contribution in [-0.4, -0.2) is 35.1 Å². The zero-order valence-electron chi connectivity index (χ0n) is 16.7. The number of aromatic nitrogens is 1. The number of H-pyrrole nitrogens is 1. The van der Waals surface area contributed by atoms with Crippen LogP contribution in [0.1, 0.15) is 22.3 Å². The Morgan fingerprint density at radius 3 is 2.55 bits per heavy atom. The number of carbonyl (C=O) groups is 2. The van der Waals surface area contributed by atoms with E-state index in [0.717, 1.165) is 38.9 Å². The van der Waals surface area contributed by atoms with Gasteiger partial charge in [0.1, 0.15) is 11.8 Å². The number of ether oxygens (including phenoxy) is 1. The van der Waals surface area contributed by atoms with Crippen molar-refractivity contribution in [2.75, 3.05) is 7.11 Å². The van der Waals surface area contributed by atoms with Crippen LogP contribution >= 0.6 is 0 Å². The van der Waals surface area contributed by atoms with Gasteiger partial charge in [-0.1, -0.05) is 18.2 Å². The summed E-state index contributed by atoms with van der Waals surface area (Å²) >= 11 is 0. The number of hydrogen-bond acceptors (Lipinski definition) is 3. The first-order valence-corrected chi connectivity index (χ1v) is 9.30. The van der Waals surface area contributed by atoms with Crippen molar-refractivity contribution >= 4 is 28.9 Å². The maximum Gasteiger partial charge on any atom is 0.326 e. The Balaban J connectivity index is 1.73. The number of carboxylic acids is 1. The molecule has 0 radical (unpaired) electrons. The summed E-state index contributed by atoms with van der Waals surface area (Å²) in [5, 5.41) is 13.1. The molecule has 3 rings (SSSR count). The lowest BCUT2D eigenvalue weighted by atomic mass is 10.0. The predicted octanol–water partition coefficient (Wildman–Crippen LogP) is 3.62. The molecule has 0 spiro atoms. The van der Waals surface area contributed by atoms with Gasteiger partial charge in [-0.3, -0.25) is 4.79 Å². The van der Waals surface area contributed by atoms with Crippen LogP contribution in [0.4, 0.5) is 0 Å². The molecule has 0 aliphatic heterocycles. The lowest BCUT2D eigenvalue weighted by Gasteiger charge is -2.13. The highest BCUT2D eigenvalue weighted by Crippen LogP contribution is 2.23. The third kappa shape index (κ3) is 4.66. The van der Waals surface area contributed by atoms with E-state index in [4.69, 9.17) is 4.74 Å². The van der Waals surface area contributed by atoms with E-state index in [2.05, 4.69) is 10.3 Å². The normalized spacial score (nSPS) is 12.2. The van der Waals surface area contributed by atoms with Gasteiger partial charge in [-0.15, -0.1) is 0 Å². The molecule has 2 aromatic carbocycles. The number of aliphatic carboxylic acids is 1. The van der Waals surface area contributed by atoms with Crippen LogP contribution < -0.4 is 10.1 Å². The molecule has 0 fully saturated rings. The number of carboxylic acid groups (broad SMARTS) is 1. The first-order chi connectivity index (χ1) is 13.9. The summed E-state index contributed by atoms with van der Waals surface area (Å²) in [6, 6.07) is 10.4. The van der Waals surface area contributed by atoms with Gasteiger partial charge in [-0.2, -0.15) is 0 Å². The SMILES string of the molecule is COc1cc(C)c(/C=C/C(=O)NC(Cc2c[nH]c3ccccc23)C(=O)O)c(C)c1. The molecule has 0 aliphatic rings. The number of aryl methyl sites for hydroxylation is 2. The highest BCUT2D eigenvalue weighted by atomic mass is 16.5. The van der Waals surface area contributed by atoms with Gasteiger partial charge in [-0.05, 0) is 60.4 Å². The number of methoxy groups -OCH3 is 1. The number of carbonyl (C=O) groups excluding carboxylic acids is 1. The minimum Gasteiger partial charge on any atom is -0.497 e. The van der Waals surface area contributed by atoms with Gasteiger partial charge >= 0.3 is 5.97 Å². The number of aromatic amines is 1. The highest BCUT2D eigenvalue weighted by Gasteiger charge is 2.21. The minimum atomic E-state index is -1.08. The second-order valence-electron chi connectivity index (χ2n) is 6.97. The van der Waals surface area contributed by atoms with Crippen molar-refractivity contribution in [1.82, 2.24) is 10.3 Å². The van der Waals surface area contributed by atoms with Crippen molar-refractivity contribution in [3.63, 3.8) is 0 Å². The Morgan fingerprint density at radius 2 is 1.90 bits per heavy atom. The minimum absolute atomic E-state index is 0.194. The molecule has 0 saturated heterocycles. The molecule has 29 heavy (non-hydrogen) atoms. The molecule has 0 bridgehead atoms. The molecule has 0 saturated carbocycles. The fourth-order valence-corrected chi connectivity index (χ4v) is 3.42. The van der Waals surface area contributed by atoms with Gasteiger partial charge in [0.2, 0.25) is 5.91 Å². The molecule has 1 amide bonds. The Labute approximate surface area is 169 Å². The Kier molecular flexibility index (Phi) is 6.02. The van der Waals surface area contributed by atoms with Crippen molar-refractivity contribution in [1.29, 1.82) is 0 Å². The molecule has 3 aromatic rings. The lowest BCUT2D eigenvalue weighted by molar-refractivity contribution is -0.141. The number of benzene rings is 2. The summed E-state index contributed by atoms with van der Waals surface area (Å²) in [5.41, 5.74) is 4.63. The van der Waals surface area contributed by atoms with E-state index in [1.54, 1.807) is 19.4 Å². The molecule has 6 nitrogen and oxygen atoms in total. The Hall–Kier alpha value is -3.54. The fourth-order valence-electron chi connectivity index (χ4n) is 3.42. The zero-order valence-corrected chi connectivity index (χ0v) is 16.7. The topological polar surface area (TPSA) is 91.4 Å². The summed E-state index contributed by atoms with van der Waals surface area (Å²) in [4.78, 5) is 27.2. The molecule has 150 valence electrons. The van der Waals surface area contributed by atoms with E-state index in [-0.39, 0.29) is 6.42 Å². The van der Waals surface area contributed by atoms with Crippen molar-refractivity contribution in [2.24, 2.45) is 0 Å². The summed E-state index contributed by atoms with van der Waals surface area (Å²) in [7, 11) is 1.61. The number of para-hydroxylation sites is 1. The van der Waals surface area contributed by atoms with Gasteiger partial charge in [0.05, 0.1) is 7.11 Å². The number of fused-ring (bicyclic) bond motifs is 1. The summed E-state index contributed by atoms with van der Waals surface area (Å²) in [5.74, 6) is -0.771. The van der Waals surface area contributed by atoms with Crippen LogP contribution in [0.5, 0.6) is 5.75 Å². The summed E-state index contributed by atoms with van der Waals surface area (Å²) in [6.07, 6.45) is 5.04. The third-order valence-electron chi connectivity index (χ3n) is 4.92. The van der Waals surface area contributed by atoms with Crippen LogP contribution in [0.15, 0.2) is 48.7 Å². The number of hydrogen-bond donors (Lipinski definition) is 3. The maximum atomic E-state index is 12.4. The van der Waals surface area contributed by atoms with E-state index in [0.29, 0.717) is 0 Å². The van der Waals surface area contributed by atoms with Gasteiger partial charge < -0.3 is 20.1 Å². The zero-order chi connectivity index (χ0) is 21.0. The molecule has 3 N–H and O–H groups in total. The fraction of sp³-hybridized carbons (Fsp3) is 0.217. The largest absolute Gasteiger partial charge is 0.497 e. The highest BCUT2D eigenvalue weighted by molar-refractivity contribution is 5.95. The second-order valence-corrected chi connectivity index (χ2v) is 6.97. The monoisotopic (exact) mass is 392 g/mol. The van der Waals surface area contributed by atoms with E-state index >= 15 is 0 Å². The van der Waals surface area contributed by atoms with E-state index < -0.39 is 17.9 Å². The van der Waals surface area contributed by atoms with Crippen LogP contribution in [-0.2, 0) is 16.0 Å². The molecule has 1 atom stereocenters.